The maximum absolute atomic E-state index is 12.0. The molecule has 3 amide bonds. The summed E-state index contributed by atoms with van der Waals surface area (Å²) < 4.78 is 0. The lowest BCUT2D eigenvalue weighted by Gasteiger charge is -2.09. The molecule has 2 N–H and O–H groups in total. The highest BCUT2D eigenvalue weighted by Crippen LogP contribution is 2.19. The lowest BCUT2D eigenvalue weighted by Crippen LogP contribution is -2.22. The molecule has 1 unspecified atom stereocenters. The van der Waals surface area contributed by atoms with Gasteiger partial charge in [0.15, 0.2) is 0 Å². The number of amides is 3. The smallest absolute Gasteiger partial charge is 0.230 e. The first-order valence-electron chi connectivity index (χ1n) is 8.36. The van der Waals surface area contributed by atoms with Crippen LogP contribution in [-0.2, 0) is 27.2 Å². The van der Waals surface area contributed by atoms with Crippen molar-refractivity contribution in [3.8, 4) is 0 Å². The van der Waals surface area contributed by atoms with Gasteiger partial charge < -0.3 is 5.32 Å². The van der Waals surface area contributed by atoms with E-state index in [1.54, 1.807) is 0 Å². The first kappa shape index (κ1) is 16.9. The lowest BCUT2D eigenvalue weighted by atomic mass is 9.98. The quantitative estimate of drug-likeness (QED) is 0.796. The average molecular weight is 336 g/mol. The fourth-order valence-electron chi connectivity index (χ4n) is 2.91. The summed E-state index contributed by atoms with van der Waals surface area (Å²) in [7, 11) is 0. The number of carbonyl (C=O) groups excluding carboxylic acids is 3. The van der Waals surface area contributed by atoms with Gasteiger partial charge in [-0.1, -0.05) is 42.5 Å². The number of rotatable bonds is 6. The van der Waals surface area contributed by atoms with E-state index in [9.17, 15) is 14.4 Å². The fourth-order valence-corrected chi connectivity index (χ4v) is 2.91. The summed E-state index contributed by atoms with van der Waals surface area (Å²) in [5.74, 6) is -0.739. The molecule has 1 aliphatic rings. The number of anilines is 1. The minimum Gasteiger partial charge on any atom is -0.326 e. The van der Waals surface area contributed by atoms with Gasteiger partial charge in [-0.15, -0.1) is 0 Å². The molecule has 0 spiro atoms. The number of carbonyl (C=O) groups is 3. The SMILES string of the molecule is O=C1CC(Cc2ccc(NC(=O)CCc3ccccc3)cc2)C(=O)N1. The molecule has 5 heteroatoms. The van der Waals surface area contributed by atoms with Crippen molar-refractivity contribution in [1.29, 1.82) is 0 Å². The van der Waals surface area contributed by atoms with Gasteiger partial charge in [-0.05, 0) is 36.1 Å². The third-order valence-corrected chi connectivity index (χ3v) is 4.27. The van der Waals surface area contributed by atoms with E-state index in [0.717, 1.165) is 16.8 Å². The zero-order chi connectivity index (χ0) is 17.6. The van der Waals surface area contributed by atoms with Crippen molar-refractivity contribution < 1.29 is 14.4 Å². The average Bonchev–Trinajstić information content (AvgIpc) is 2.93. The third-order valence-electron chi connectivity index (χ3n) is 4.27. The molecule has 128 valence electrons. The van der Waals surface area contributed by atoms with Gasteiger partial charge in [0, 0.05) is 18.5 Å². The molecule has 1 heterocycles. The molecule has 1 saturated heterocycles. The second-order valence-electron chi connectivity index (χ2n) is 6.25. The molecule has 5 nitrogen and oxygen atoms in total. The Hall–Kier alpha value is -2.95. The Bertz CT molecular complexity index is 769. The van der Waals surface area contributed by atoms with Crippen molar-refractivity contribution in [1.82, 2.24) is 5.32 Å². The number of hydrogen-bond donors (Lipinski definition) is 2. The monoisotopic (exact) mass is 336 g/mol. The Morgan fingerprint density at radius 3 is 2.36 bits per heavy atom. The standard InChI is InChI=1S/C20H20N2O3/c23-18(11-8-14-4-2-1-3-5-14)21-17-9-6-15(7-10-17)12-16-13-19(24)22-20(16)25/h1-7,9-10,16H,8,11-13H2,(H,21,23)(H,22,24,25). The van der Waals surface area contributed by atoms with Crippen molar-refractivity contribution in [2.45, 2.75) is 25.7 Å². The van der Waals surface area contributed by atoms with Crippen LogP contribution in [0.5, 0.6) is 0 Å². The van der Waals surface area contributed by atoms with Crippen molar-refractivity contribution in [2.75, 3.05) is 5.32 Å². The Kier molecular flexibility index (Phi) is 5.23. The minimum absolute atomic E-state index is 0.0302. The van der Waals surface area contributed by atoms with Crippen LogP contribution >= 0.6 is 0 Å². The van der Waals surface area contributed by atoms with Crippen LogP contribution in [0.3, 0.4) is 0 Å². The molecule has 1 atom stereocenters. The van der Waals surface area contributed by atoms with Crippen molar-refractivity contribution >= 4 is 23.4 Å². The Morgan fingerprint density at radius 2 is 1.72 bits per heavy atom. The van der Waals surface area contributed by atoms with E-state index in [0.29, 0.717) is 19.3 Å². The van der Waals surface area contributed by atoms with Gasteiger partial charge in [0.25, 0.3) is 0 Å². The second kappa shape index (κ2) is 7.75. The Labute approximate surface area is 146 Å². The first-order chi connectivity index (χ1) is 12.1. The summed E-state index contributed by atoms with van der Waals surface area (Å²) in [5.41, 5.74) is 2.84. The summed E-state index contributed by atoms with van der Waals surface area (Å²) >= 11 is 0. The summed E-state index contributed by atoms with van der Waals surface area (Å²) in [6, 6.07) is 17.3. The number of nitrogens with one attached hydrogen (secondary N) is 2. The van der Waals surface area contributed by atoms with Crippen LogP contribution in [0.25, 0.3) is 0 Å². The van der Waals surface area contributed by atoms with Crippen LogP contribution in [0, 0.1) is 5.92 Å². The van der Waals surface area contributed by atoms with Crippen molar-refractivity contribution in [2.24, 2.45) is 5.92 Å². The normalized spacial score (nSPS) is 16.6. The molecule has 1 aliphatic heterocycles. The van der Waals surface area contributed by atoms with Crippen molar-refractivity contribution in [3.63, 3.8) is 0 Å². The van der Waals surface area contributed by atoms with Gasteiger partial charge in [-0.2, -0.15) is 0 Å². The van der Waals surface area contributed by atoms with E-state index in [-0.39, 0.29) is 30.1 Å². The molecule has 25 heavy (non-hydrogen) atoms. The maximum Gasteiger partial charge on any atom is 0.230 e. The Balaban J connectivity index is 1.49. The molecule has 0 bridgehead atoms. The number of imide groups is 1. The molecule has 0 radical (unpaired) electrons. The van der Waals surface area contributed by atoms with Gasteiger partial charge in [0.05, 0.1) is 5.92 Å². The lowest BCUT2D eigenvalue weighted by molar-refractivity contribution is -0.125. The van der Waals surface area contributed by atoms with Gasteiger partial charge in [0.1, 0.15) is 0 Å². The predicted octanol–water partition coefficient (Wildman–Crippen LogP) is 2.46. The molecule has 0 aliphatic carbocycles. The zero-order valence-corrected chi connectivity index (χ0v) is 13.8. The van der Waals surface area contributed by atoms with Crippen LogP contribution in [0.2, 0.25) is 0 Å². The molecule has 0 aromatic heterocycles. The highest BCUT2D eigenvalue weighted by Gasteiger charge is 2.30. The van der Waals surface area contributed by atoms with E-state index in [2.05, 4.69) is 10.6 Å². The molecule has 2 aromatic rings. The number of hydrogen-bond acceptors (Lipinski definition) is 3. The molecule has 0 saturated carbocycles. The number of benzene rings is 2. The summed E-state index contributed by atoms with van der Waals surface area (Å²) in [6.07, 6.45) is 1.91. The fraction of sp³-hybridized carbons (Fsp3) is 0.250. The van der Waals surface area contributed by atoms with E-state index in [1.165, 1.54) is 0 Å². The van der Waals surface area contributed by atoms with Crippen LogP contribution in [-0.4, -0.2) is 17.7 Å². The third kappa shape index (κ3) is 4.76. The van der Waals surface area contributed by atoms with Crippen molar-refractivity contribution in [3.05, 3.63) is 65.7 Å². The van der Waals surface area contributed by atoms with E-state index < -0.39 is 0 Å². The first-order valence-corrected chi connectivity index (χ1v) is 8.36. The van der Waals surface area contributed by atoms with E-state index in [1.807, 2.05) is 54.6 Å². The summed E-state index contributed by atoms with van der Waals surface area (Å²) in [4.78, 5) is 34.8. The Morgan fingerprint density at radius 1 is 1.00 bits per heavy atom. The van der Waals surface area contributed by atoms with E-state index >= 15 is 0 Å². The molecule has 1 fully saturated rings. The predicted molar refractivity (Wildman–Crippen MR) is 94.8 cm³/mol. The van der Waals surface area contributed by atoms with Crippen LogP contribution < -0.4 is 10.6 Å². The number of aryl methyl sites for hydroxylation is 1. The van der Waals surface area contributed by atoms with Gasteiger partial charge >= 0.3 is 0 Å². The molecular weight excluding hydrogens is 316 g/mol. The molecular formula is C20H20N2O3. The highest BCUT2D eigenvalue weighted by atomic mass is 16.2. The van der Waals surface area contributed by atoms with Gasteiger partial charge in [0.2, 0.25) is 17.7 Å². The maximum atomic E-state index is 12.0. The highest BCUT2D eigenvalue weighted by molar-refractivity contribution is 6.03. The topological polar surface area (TPSA) is 75.3 Å². The van der Waals surface area contributed by atoms with Gasteiger partial charge in [-0.3, -0.25) is 19.7 Å². The van der Waals surface area contributed by atoms with E-state index in [4.69, 9.17) is 0 Å². The zero-order valence-electron chi connectivity index (χ0n) is 13.8. The second-order valence-corrected chi connectivity index (χ2v) is 6.25. The van der Waals surface area contributed by atoms with Gasteiger partial charge in [-0.25, -0.2) is 0 Å². The summed E-state index contributed by atoms with van der Waals surface area (Å²) in [5, 5.41) is 5.19. The van der Waals surface area contributed by atoms with Crippen LogP contribution in [0.4, 0.5) is 5.69 Å². The largest absolute Gasteiger partial charge is 0.326 e. The minimum atomic E-state index is -0.293. The molecule has 2 aromatic carbocycles. The van der Waals surface area contributed by atoms with Crippen LogP contribution in [0.1, 0.15) is 24.0 Å². The summed E-state index contributed by atoms with van der Waals surface area (Å²) in [6.45, 7) is 0. The molecule has 3 rings (SSSR count). The van der Waals surface area contributed by atoms with Crippen LogP contribution in [0.15, 0.2) is 54.6 Å².